The molecule has 1 N–H and O–H groups in total. The summed E-state index contributed by atoms with van der Waals surface area (Å²) in [6.07, 6.45) is -0.494. The van der Waals surface area contributed by atoms with E-state index in [2.05, 4.69) is 48.9 Å². The molecule has 0 aliphatic rings. The Morgan fingerprint density at radius 1 is 1.10 bits per heavy atom. The second-order valence-electron chi connectivity index (χ2n) is 6.11. The molecule has 118 valence electrons. The first-order chi connectivity index (χ1) is 9.81. The number of hydrogen-bond donors (Lipinski definition) is 1. The van der Waals surface area contributed by atoms with Gasteiger partial charge in [-0.2, -0.15) is 0 Å². The summed E-state index contributed by atoms with van der Waals surface area (Å²) >= 11 is 3.37. The first kappa shape index (κ1) is 18.0. The third-order valence-corrected chi connectivity index (χ3v) is 4.25. The fourth-order valence-corrected chi connectivity index (χ4v) is 2.64. The average Bonchev–Trinajstić information content (AvgIpc) is 2.40. The molecule has 0 fully saturated rings. The van der Waals surface area contributed by atoms with Crippen LogP contribution >= 0.6 is 15.9 Å². The lowest BCUT2D eigenvalue weighted by molar-refractivity contribution is -0.127. The number of halogens is 1. The van der Waals surface area contributed by atoms with Crippen LogP contribution in [0, 0.1) is 17.8 Å². The number of carbonyl (C=O) groups excluding carboxylic acids is 1. The van der Waals surface area contributed by atoms with Gasteiger partial charge in [0.05, 0.1) is 0 Å². The Morgan fingerprint density at radius 3 is 2.10 bits per heavy atom. The van der Waals surface area contributed by atoms with Gasteiger partial charge < -0.3 is 10.1 Å². The molecule has 1 aromatic rings. The largest absolute Gasteiger partial charge is 0.481 e. The summed E-state index contributed by atoms with van der Waals surface area (Å²) in [4.78, 5) is 12.1. The minimum Gasteiger partial charge on any atom is -0.481 e. The van der Waals surface area contributed by atoms with Crippen LogP contribution < -0.4 is 10.1 Å². The lowest BCUT2D eigenvalue weighted by Crippen LogP contribution is -2.40. The second-order valence-corrected chi connectivity index (χ2v) is 7.03. The van der Waals surface area contributed by atoms with Gasteiger partial charge in [0.25, 0.3) is 5.91 Å². The third-order valence-electron chi connectivity index (χ3n) is 3.72. The number of nitrogens with one attached hydrogen (secondary N) is 1. The summed E-state index contributed by atoms with van der Waals surface area (Å²) in [7, 11) is 0. The molecule has 4 heteroatoms. The highest BCUT2D eigenvalue weighted by Crippen LogP contribution is 2.20. The summed E-state index contributed by atoms with van der Waals surface area (Å²) < 4.78 is 6.64. The summed E-state index contributed by atoms with van der Waals surface area (Å²) in [5.41, 5.74) is 0. The molecular weight excluding hydrogens is 330 g/mol. The van der Waals surface area contributed by atoms with Crippen molar-refractivity contribution in [3.63, 3.8) is 0 Å². The van der Waals surface area contributed by atoms with Crippen LogP contribution in [-0.2, 0) is 4.79 Å². The van der Waals surface area contributed by atoms with Crippen LogP contribution in [-0.4, -0.2) is 18.6 Å². The first-order valence-corrected chi connectivity index (χ1v) is 8.30. The maximum atomic E-state index is 12.1. The molecule has 0 aliphatic carbocycles. The van der Waals surface area contributed by atoms with Crippen LogP contribution in [0.4, 0.5) is 0 Å². The van der Waals surface area contributed by atoms with Crippen LogP contribution in [0.3, 0.4) is 0 Å². The zero-order valence-corrected chi connectivity index (χ0v) is 15.1. The van der Waals surface area contributed by atoms with Crippen molar-refractivity contribution >= 4 is 21.8 Å². The number of hydrogen-bond acceptors (Lipinski definition) is 2. The monoisotopic (exact) mass is 355 g/mol. The Labute approximate surface area is 136 Å². The second kappa shape index (κ2) is 8.42. The molecule has 0 saturated heterocycles. The van der Waals surface area contributed by atoms with Crippen molar-refractivity contribution in [2.24, 2.45) is 17.8 Å². The third kappa shape index (κ3) is 6.08. The molecule has 0 radical (unpaired) electrons. The van der Waals surface area contributed by atoms with Gasteiger partial charge in [0.2, 0.25) is 0 Å². The zero-order valence-electron chi connectivity index (χ0n) is 13.5. The predicted molar refractivity (Wildman–Crippen MR) is 90.4 cm³/mol. The minimum absolute atomic E-state index is 0.0655. The normalized spacial score (nSPS) is 12.8. The number of ether oxygens (including phenoxy) is 1. The zero-order chi connectivity index (χ0) is 16.0. The van der Waals surface area contributed by atoms with Gasteiger partial charge in [-0.05, 0) is 48.9 Å². The number of benzene rings is 1. The molecule has 0 saturated carbocycles. The molecule has 0 aliphatic heterocycles. The first-order valence-electron chi connectivity index (χ1n) is 7.51. The van der Waals surface area contributed by atoms with Crippen LogP contribution in [0.15, 0.2) is 28.7 Å². The average molecular weight is 356 g/mol. The van der Waals surface area contributed by atoms with E-state index in [9.17, 15) is 4.79 Å². The maximum Gasteiger partial charge on any atom is 0.260 e. The van der Waals surface area contributed by atoms with Gasteiger partial charge in [-0.1, -0.05) is 43.6 Å². The van der Waals surface area contributed by atoms with E-state index in [4.69, 9.17) is 4.74 Å². The standard InChI is InChI=1S/C17H26BrNO2/c1-11(2)16(12(3)4)10-19-17(20)13(5)21-15-8-6-14(18)7-9-15/h6-9,11-13,16H,10H2,1-5H3,(H,19,20). The van der Waals surface area contributed by atoms with E-state index in [1.165, 1.54) is 0 Å². The van der Waals surface area contributed by atoms with E-state index in [0.717, 1.165) is 4.47 Å². The molecule has 1 unspecified atom stereocenters. The lowest BCUT2D eigenvalue weighted by atomic mass is 9.85. The van der Waals surface area contributed by atoms with Crippen molar-refractivity contribution in [1.29, 1.82) is 0 Å². The molecule has 1 amide bonds. The Hall–Kier alpha value is -1.03. The van der Waals surface area contributed by atoms with Gasteiger partial charge in [0, 0.05) is 11.0 Å². The highest BCUT2D eigenvalue weighted by Gasteiger charge is 2.20. The highest BCUT2D eigenvalue weighted by molar-refractivity contribution is 9.10. The van der Waals surface area contributed by atoms with Gasteiger partial charge >= 0.3 is 0 Å². The Balaban J connectivity index is 2.49. The van der Waals surface area contributed by atoms with Crippen LogP contribution in [0.25, 0.3) is 0 Å². The molecule has 1 rings (SSSR count). The highest BCUT2D eigenvalue weighted by atomic mass is 79.9. The van der Waals surface area contributed by atoms with Crippen LogP contribution in [0.5, 0.6) is 5.75 Å². The van der Waals surface area contributed by atoms with Crippen LogP contribution in [0.1, 0.15) is 34.6 Å². The maximum absolute atomic E-state index is 12.1. The van der Waals surface area contributed by atoms with Crippen LogP contribution in [0.2, 0.25) is 0 Å². The summed E-state index contributed by atoms with van der Waals surface area (Å²) in [5.74, 6) is 2.21. The number of amides is 1. The van der Waals surface area contributed by atoms with E-state index >= 15 is 0 Å². The Bertz CT molecular complexity index is 435. The van der Waals surface area contributed by atoms with Gasteiger partial charge in [0.15, 0.2) is 6.10 Å². The molecule has 0 aromatic heterocycles. The lowest BCUT2D eigenvalue weighted by Gasteiger charge is -2.25. The molecule has 3 nitrogen and oxygen atoms in total. The molecule has 0 spiro atoms. The molecule has 0 bridgehead atoms. The molecule has 1 aromatic carbocycles. The summed E-state index contributed by atoms with van der Waals surface area (Å²) in [6, 6.07) is 7.48. The van der Waals surface area contributed by atoms with Gasteiger partial charge in [-0.25, -0.2) is 0 Å². The predicted octanol–water partition coefficient (Wildman–Crippen LogP) is 4.26. The molecule has 0 heterocycles. The van der Waals surface area contributed by atoms with Crippen molar-refractivity contribution < 1.29 is 9.53 Å². The van der Waals surface area contributed by atoms with Gasteiger partial charge in [-0.15, -0.1) is 0 Å². The summed E-state index contributed by atoms with van der Waals surface area (Å²) in [6.45, 7) is 11.2. The van der Waals surface area contributed by atoms with Crippen molar-refractivity contribution in [2.45, 2.75) is 40.7 Å². The van der Waals surface area contributed by atoms with E-state index in [1.54, 1.807) is 6.92 Å². The fraction of sp³-hybridized carbons (Fsp3) is 0.588. The van der Waals surface area contributed by atoms with E-state index in [0.29, 0.717) is 30.0 Å². The fourth-order valence-electron chi connectivity index (χ4n) is 2.37. The van der Waals surface area contributed by atoms with E-state index < -0.39 is 6.10 Å². The molecular formula is C17H26BrNO2. The smallest absolute Gasteiger partial charge is 0.260 e. The number of rotatable bonds is 7. The van der Waals surface area contributed by atoms with E-state index in [-0.39, 0.29) is 5.91 Å². The van der Waals surface area contributed by atoms with Crippen molar-refractivity contribution in [1.82, 2.24) is 5.32 Å². The van der Waals surface area contributed by atoms with Gasteiger partial charge in [0.1, 0.15) is 5.75 Å². The van der Waals surface area contributed by atoms with Crippen molar-refractivity contribution in [2.75, 3.05) is 6.54 Å². The summed E-state index contributed by atoms with van der Waals surface area (Å²) in [5, 5.41) is 3.00. The number of carbonyl (C=O) groups is 1. The Kier molecular flexibility index (Phi) is 7.23. The molecule has 1 atom stereocenters. The Morgan fingerprint density at radius 2 is 1.62 bits per heavy atom. The van der Waals surface area contributed by atoms with Crippen molar-refractivity contribution in [3.8, 4) is 5.75 Å². The minimum atomic E-state index is -0.494. The van der Waals surface area contributed by atoms with Crippen molar-refractivity contribution in [3.05, 3.63) is 28.7 Å². The van der Waals surface area contributed by atoms with Gasteiger partial charge in [-0.3, -0.25) is 4.79 Å². The van der Waals surface area contributed by atoms with E-state index in [1.807, 2.05) is 24.3 Å². The molecule has 21 heavy (non-hydrogen) atoms. The SMILES string of the molecule is CC(Oc1ccc(Br)cc1)C(=O)NCC(C(C)C)C(C)C. The quantitative estimate of drug-likeness (QED) is 0.793. The topological polar surface area (TPSA) is 38.3 Å².